The second kappa shape index (κ2) is 11.0. The molecule has 4 rings (SSSR count). The van der Waals surface area contributed by atoms with Crippen molar-refractivity contribution in [1.82, 2.24) is 14.5 Å². The molecule has 2 aromatic rings. The normalized spacial score (nSPS) is 19.2. The number of hydrogen-bond donors (Lipinski definition) is 1. The third-order valence-electron chi connectivity index (χ3n) is 6.53. The zero-order valence-electron chi connectivity index (χ0n) is 19.2. The number of benzene rings is 1. The third-order valence-corrected chi connectivity index (χ3v) is 9.40. The van der Waals surface area contributed by atoms with E-state index in [1.807, 2.05) is 6.07 Å². The van der Waals surface area contributed by atoms with Crippen molar-refractivity contribution in [3.05, 3.63) is 46.2 Å². The molecule has 2 fully saturated rings. The first-order valence-corrected chi connectivity index (χ1v) is 14.1. The molecular weight excluding hydrogens is 458 g/mol. The molecule has 2 saturated heterocycles. The molecule has 0 bridgehead atoms. The van der Waals surface area contributed by atoms with Crippen LogP contribution in [0.3, 0.4) is 0 Å². The minimum Gasteiger partial charge on any atom is -0.496 e. The minimum atomic E-state index is -3.65. The van der Waals surface area contributed by atoms with E-state index in [1.165, 1.54) is 37.0 Å². The van der Waals surface area contributed by atoms with E-state index in [0.717, 1.165) is 38.8 Å². The first-order valence-electron chi connectivity index (χ1n) is 11.7. The molecule has 1 aromatic carbocycles. The zero-order chi connectivity index (χ0) is 23.3. The lowest BCUT2D eigenvalue weighted by Gasteiger charge is -2.27. The summed E-state index contributed by atoms with van der Waals surface area (Å²) in [6.45, 7) is 3.55. The van der Waals surface area contributed by atoms with E-state index < -0.39 is 10.0 Å². The van der Waals surface area contributed by atoms with E-state index in [4.69, 9.17) is 4.74 Å². The van der Waals surface area contributed by atoms with E-state index in [9.17, 15) is 13.2 Å². The number of nitrogens with zero attached hydrogens (tertiary/aromatic N) is 2. The van der Waals surface area contributed by atoms with Crippen molar-refractivity contribution < 1.29 is 17.9 Å². The molecule has 3 heterocycles. The molecule has 0 radical (unpaired) electrons. The summed E-state index contributed by atoms with van der Waals surface area (Å²) in [6, 6.07) is 8.83. The molecule has 1 unspecified atom stereocenters. The van der Waals surface area contributed by atoms with Gasteiger partial charge in [0.25, 0.3) is 5.91 Å². The molecule has 9 heteroatoms. The van der Waals surface area contributed by atoms with Crippen LogP contribution in [0.25, 0.3) is 0 Å². The molecule has 0 saturated carbocycles. The number of ether oxygens (including phenoxy) is 1. The van der Waals surface area contributed by atoms with Crippen LogP contribution in [0.1, 0.15) is 59.8 Å². The maximum Gasteiger partial charge on any atom is 0.255 e. The number of thiophene rings is 1. The summed E-state index contributed by atoms with van der Waals surface area (Å²) in [7, 11) is -2.16. The Morgan fingerprint density at radius 1 is 1.06 bits per heavy atom. The van der Waals surface area contributed by atoms with Gasteiger partial charge in [0.05, 0.1) is 23.6 Å². The summed E-state index contributed by atoms with van der Waals surface area (Å²) in [5.74, 6) is 0.0525. The molecular formula is C24H33N3O4S2. The number of nitrogens with one attached hydrogen (secondary N) is 1. The van der Waals surface area contributed by atoms with Gasteiger partial charge in [-0.3, -0.25) is 9.69 Å². The van der Waals surface area contributed by atoms with E-state index in [-0.39, 0.29) is 22.4 Å². The SMILES string of the molecule is COc1ccc(S(=O)(=O)N2CCCCCC2)cc1C(=O)NCC(c1cccs1)N1CCCC1. The predicted octanol–water partition coefficient (Wildman–Crippen LogP) is 3.89. The van der Waals surface area contributed by atoms with E-state index in [2.05, 4.69) is 21.7 Å². The van der Waals surface area contributed by atoms with Gasteiger partial charge >= 0.3 is 0 Å². The molecule has 2 aliphatic rings. The summed E-state index contributed by atoms with van der Waals surface area (Å²) in [5, 5.41) is 5.10. The van der Waals surface area contributed by atoms with Crippen molar-refractivity contribution in [3.8, 4) is 5.75 Å². The van der Waals surface area contributed by atoms with E-state index in [1.54, 1.807) is 21.7 Å². The fraction of sp³-hybridized carbons (Fsp3) is 0.542. The number of methoxy groups -OCH3 is 1. The topological polar surface area (TPSA) is 79.0 Å². The quantitative estimate of drug-likeness (QED) is 0.606. The van der Waals surface area contributed by atoms with Gasteiger partial charge < -0.3 is 10.1 Å². The summed E-state index contributed by atoms with van der Waals surface area (Å²) in [5.41, 5.74) is 0.250. The molecule has 0 spiro atoms. The van der Waals surface area contributed by atoms with Crippen LogP contribution in [0.5, 0.6) is 5.75 Å². The fourth-order valence-corrected chi connectivity index (χ4v) is 7.09. The summed E-state index contributed by atoms with van der Waals surface area (Å²) in [6.07, 6.45) is 6.15. The van der Waals surface area contributed by atoms with Crippen LogP contribution in [-0.2, 0) is 10.0 Å². The average Bonchev–Trinajstić information content (AvgIpc) is 3.49. The molecule has 7 nitrogen and oxygen atoms in total. The number of carbonyl (C=O) groups excluding carboxylic acids is 1. The van der Waals surface area contributed by atoms with Crippen molar-refractivity contribution in [2.75, 3.05) is 39.8 Å². The van der Waals surface area contributed by atoms with Gasteiger partial charge in [0.2, 0.25) is 10.0 Å². The first kappa shape index (κ1) is 24.2. The third kappa shape index (κ3) is 5.59. The Bertz CT molecular complexity index is 1030. The van der Waals surface area contributed by atoms with Crippen LogP contribution in [-0.4, -0.2) is 63.4 Å². The van der Waals surface area contributed by atoms with Crippen LogP contribution in [0.4, 0.5) is 0 Å². The van der Waals surface area contributed by atoms with Crippen LogP contribution in [0.15, 0.2) is 40.6 Å². The lowest BCUT2D eigenvalue weighted by atomic mass is 10.1. The Balaban J connectivity index is 1.54. The van der Waals surface area contributed by atoms with Crippen molar-refractivity contribution in [1.29, 1.82) is 0 Å². The van der Waals surface area contributed by atoms with Gasteiger partial charge in [0.1, 0.15) is 5.75 Å². The van der Waals surface area contributed by atoms with E-state index >= 15 is 0 Å². The second-order valence-corrected chi connectivity index (χ2v) is 11.6. The highest BCUT2D eigenvalue weighted by Crippen LogP contribution is 2.29. The minimum absolute atomic E-state index is 0.117. The Morgan fingerprint density at radius 2 is 1.76 bits per heavy atom. The van der Waals surface area contributed by atoms with E-state index in [0.29, 0.717) is 25.4 Å². The van der Waals surface area contributed by atoms with Gasteiger partial charge in [0.15, 0.2) is 0 Å². The maximum absolute atomic E-state index is 13.3. The van der Waals surface area contributed by atoms with Gasteiger partial charge in [-0.25, -0.2) is 8.42 Å². The van der Waals surface area contributed by atoms with Gasteiger partial charge in [0, 0.05) is 24.5 Å². The maximum atomic E-state index is 13.3. The molecule has 1 atom stereocenters. The fourth-order valence-electron chi connectivity index (χ4n) is 4.68. The Kier molecular flexibility index (Phi) is 8.06. The molecule has 180 valence electrons. The van der Waals surface area contributed by atoms with Crippen molar-refractivity contribution >= 4 is 27.3 Å². The highest BCUT2D eigenvalue weighted by molar-refractivity contribution is 7.89. The molecule has 0 aliphatic carbocycles. The van der Waals surface area contributed by atoms with Crippen molar-refractivity contribution in [3.63, 3.8) is 0 Å². The summed E-state index contributed by atoms with van der Waals surface area (Å²) >= 11 is 1.69. The van der Waals surface area contributed by atoms with Crippen LogP contribution in [0, 0.1) is 0 Å². The number of amides is 1. The average molecular weight is 492 g/mol. The number of likely N-dealkylation sites (tertiary alicyclic amines) is 1. The van der Waals surface area contributed by atoms with Crippen LogP contribution < -0.4 is 10.1 Å². The monoisotopic (exact) mass is 491 g/mol. The number of hydrogen-bond acceptors (Lipinski definition) is 6. The molecule has 1 amide bonds. The van der Waals surface area contributed by atoms with Gasteiger partial charge in [-0.2, -0.15) is 4.31 Å². The first-order chi connectivity index (χ1) is 16.0. The number of rotatable bonds is 8. The molecule has 33 heavy (non-hydrogen) atoms. The molecule has 1 N–H and O–H groups in total. The number of sulfonamides is 1. The summed E-state index contributed by atoms with van der Waals surface area (Å²) in [4.78, 5) is 17.0. The lowest BCUT2D eigenvalue weighted by molar-refractivity contribution is 0.0935. The lowest BCUT2D eigenvalue weighted by Crippen LogP contribution is -2.36. The Labute approximate surface area is 200 Å². The standard InChI is InChI=1S/C24H33N3O4S2/c1-31-22-11-10-19(33(29,30)27-14-4-2-3-5-15-27)17-20(22)24(28)25-18-21(23-9-8-16-32-23)26-12-6-7-13-26/h8-11,16-17,21H,2-7,12-15,18H2,1H3,(H,25,28). The predicted molar refractivity (Wildman–Crippen MR) is 130 cm³/mol. The highest BCUT2D eigenvalue weighted by Gasteiger charge is 2.28. The van der Waals surface area contributed by atoms with Crippen LogP contribution in [0.2, 0.25) is 0 Å². The van der Waals surface area contributed by atoms with Gasteiger partial charge in [-0.15, -0.1) is 11.3 Å². The Morgan fingerprint density at radius 3 is 2.39 bits per heavy atom. The van der Waals surface area contributed by atoms with Crippen molar-refractivity contribution in [2.45, 2.75) is 49.5 Å². The summed E-state index contributed by atoms with van der Waals surface area (Å²) < 4.78 is 33.5. The number of carbonyl (C=O) groups is 1. The Hall–Kier alpha value is -1.94. The molecule has 1 aromatic heterocycles. The molecule has 2 aliphatic heterocycles. The van der Waals surface area contributed by atoms with Crippen LogP contribution >= 0.6 is 11.3 Å². The highest BCUT2D eigenvalue weighted by atomic mass is 32.2. The largest absolute Gasteiger partial charge is 0.496 e. The zero-order valence-corrected chi connectivity index (χ0v) is 20.8. The second-order valence-electron chi connectivity index (χ2n) is 8.66. The van der Waals surface area contributed by atoms with Gasteiger partial charge in [-0.1, -0.05) is 18.9 Å². The van der Waals surface area contributed by atoms with Gasteiger partial charge in [-0.05, 0) is 68.4 Å². The van der Waals surface area contributed by atoms with Crippen molar-refractivity contribution in [2.24, 2.45) is 0 Å². The smallest absolute Gasteiger partial charge is 0.255 e.